The molecule has 118 valence electrons. The van der Waals surface area contributed by atoms with Crippen LogP contribution >= 0.6 is 0 Å². The van der Waals surface area contributed by atoms with Crippen molar-refractivity contribution in [2.24, 2.45) is 0 Å². The first-order valence-electron chi connectivity index (χ1n) is 8.41. The summed E-state index contributed by atoms with van der Waals surface area (Å²) in [6.07, 6.45) is 6.09. The average molecular weight is 307 g/mol. The van der Waals surface area contributed by atoms with Gasteiger partial charge in [-0.25, -0.2) is 4.98 Å². The number of fused-ring (bicyclic) bond motifs is 1. The maximum Gasteiger partial charge on any atom is 0.257 e. The molecule has 0 radical (unpaired) electrons. The van der Waals surface area contributed by atoms with Gasteiger partial charge in [0.2, 0.25) is 0 Å². The molecule has 23 heavy (non-hydrogen) atoms. The summed E-state index contributed by atoms with van der Waals surface area (Å²) in [5.41, 5.74) is 3.42. The summed E-state index contributed by atoms with van der Waals surface area (Å²) in [5, 5.41) is 3.51. The van der Waals surface area contributed by atoms with E-state index in [2.05, 4.69) is 34.6 Å². The Hall–Kier alpha value is -2.36. The molecule has 1 aliphatic heterocycles. The van der Waals surface area contributed by atoms with E-state index < -0.39 is 0 Å². The molecule has 1 fully saturated rings. The first kappa shape index (κ1) is 14.2. The van der Waals surface area contributed by atoms with Crippen molar-refractivity contribution in [1.29, 1.82) is 0 Å². The number of aryl methyl sites for hydroxylation is 1. The Labute approximate surface area is 136 Å². The Kier molecular flexibility index (Phi) is 3.74. The third-order valence-corrected chi connectivity index (χ3v) is 4.88. The fourth-order valence-corrected chi connectivity index (χ4v) is 3.66. The molecule has 0 saturated carbocycles. The zero-order chi connectivity index (χ0) is 15.6. The number of carbonyl (C=O) groups is 1. The van der Waals surface area contributed by atoms with Crippen LogP contribution in [0.1, 0.15) is 46.8 Å². The van der Waals surface area contributed by atoms with Gasteiger partial charge in [0.15, 0.2) is 0 Å². The van der Waals surface area contributed by atoms with Crippen LogP contribution < -0.4 is 5.32 Å². The maximum absolute atomic E-state index is 12.7. The summed E-state index contributed by atoms with van der Waals surface area (Å²) in [6.45, 7) is 1.72. The number of pyridine rings is 1. The molecule has 1 amide bonds. The minimum absolute atomic E-state index is 0.101. The predicted octanol–water partition coefficient (Wildman–Crippen LogP) is 3.42. The molecule has 2 aliphatic rings. The fraction of sp³-hybridized carbons (Fsp3) is 0.368. The standard InChI is InChI=1S/C19H21N3O/c23-19(22-12-3-4-13-22)16-8-5-11-20-18(16)21-17-10-9-14-6-1-2-7-15(14)17/h1-2,5-8,11,17H,3-4,9-10,12-13H2,(H,20,21)/t17-/m1/s1. The Morgan fingerprint density at radius 3 is 2.83 bits per heavy atom. The van der Waals surface area contributed by atoms with Gasteiger partial charge in [-0.3, -0.25) is 4.79 Å². The lowest BCUT2D eigenvalue weighted by atomic mass is 10.1. The fourth-order valence-electron chi connectivity index (χ4n) is 3.66. The van der Waals surface area contributed by atoms with Gasteiger partial charge in [-0.05, 0) is 48.9 Å². The van der Waals surface area contributed by atoms with Crippen LogP contribution in [-0.2, 0) is 6.42 Å². The lowest BCUT2D eigenvalue weighted by molar-refractivity contribution is 0.0793. The second kappa shape index (κ2) is 6.03. The van der Waals surface area contributed by atoms with Crippen molar-refractivity contribution in [2.45, 2.75) is 31.7 Å². The Balaban J connectivity index is 1.59. The molecular weight excluding hydrogens is 286 g/mol. The van der Waals surface area contributed by atoms with Crippen LogP contribution in [-0.4, -0.2) is 28.9 Å². The quantitative estimate of drug-likeness (QED) is 0.945. The van der Waals surface area contributed by atoms with Gasteiger partial charge in [0.25, 0.3) is 5.91 Å². The van der Waals surface area contributed by atoms with Crippen molar-refractivity contribution in [3.63, 3.8) is 0 Å². The lowest BCUT2D eigenvalue weighted by Crippen LogP contribution is -2.28. The summed E-state index contributed by atoms with van der Waals surface area (Å²) in [4.78, 5) is 19.1. The van der Waals surface area contributed by atoms with Crippen molar-refractivity contribution in [2.75, 3.05) is 18.4 Å². The van der Waals surface area contributed by atoms with Crippen LogP contribution in [0.3, 0.4) is 0 Å². The third-order valence-electron chi connectivity index (χ3n) is 4.88. The highest BCUT2D eigenvalue weighted by Crippen LogP contribution is 2.34. The number of nitrogens with zero attached hydrogens (tertiary/aromatic N) is 2. The van der Waals surface area contributed by atoms with E-state index in [0.717, 1.165) is 38.8 Å². The Morgan fingerprint density at radius 1 is 1.13 bits per heavy atom. The first-order chi connectivity index (χ1) is 11.3. The van der Waals surface area contributed by atoms with Crippen LogP contribution in [0.4, 0.5) is 5.82 Å². The van der Waals surface area contributed by atoms with E-state index in [-0.39, 0.29) is 11.9 Å². The van der Waals surface area contributed by atoms with Gasteiger partial charge < -0.3 is 10.2 Å². The number of carbonyl (C=O) groups excluding carboxylic acids is 1. The molecule has 1 aliphatic carbocycles. The highest BCUT2D eigenvalue weighted by molar-refractivity contribution is 5.98. The van der Waals surface area contributed by atoms with Crippen molar-refractivity contribution < 1.29 is 4.79 Å². The highest BCUT2D eigenvalue weighted by Gasteiger charge is 2.26. The molecule has 4 rings (SSSR count). The van der Waals surface area contributed by atoms with E-state index in [9.17, 15) is 4.79 Å². The molecular formula is C19H21N3O. The largest absolute Gasteiger partial charge is 0.363 e. The number of hydrogen-bond donors (Lipinski definition) is 1. The number of hydrogen-bond acceptors (Lipinski definition) is 3. The average Bonchev–Trinajstić information content (AvgIpc) is 3.25. The molecule has 1 saturated heterocycles. The molecule has 0 spiro atoms. The Morgan fingerprint density at radius 2 is 1.96 bits per heavy atom. The van der Waals surface area contributed by atoms with Crippen LogP contribution in [0.2, 0.25) is 0 Å². The van der Waals surface area contributed by atoms with E-state index >= 15 is 0 Å². The van der Waals surface area contributed by atoms with E-state index in [0.29, 0.717) is 11.4 Å². The molecule has 1 atom stereocenters. The first-order valence-corrected chi connectivity index (χ1v) is 8.41. The molecule has 1 aromatic heterocycles. The molecule has 0 bridgehead atoms. The number of rotatable bonds is 3. The van der Waals surface area contributed by atoms with Crippen molar-refractivity contribution in [3.8, 4) is 0 Å². The van der Waals surface area contributed by atoms with E-state index in [1.165, 1.54) is 11.1 Å². The van der Waals surface area contributed by atoms with Gasteiger partial charge in [0, 0.05) is 19.3 Å². The SMILES string of the molecule is O=C(c1cccnc1N[C@@H]1CCc2ccccc21)N1CCCC1. The molecule has 2 aromatic rings. The van der Waals surface area contributed by atoms with Gasteiger partial charge in [-0.1, -0.05) is 24.3 Å². The van der Waals surface area contributed by atoms with Crippen molar-refractivity contribution in [1.82, 2.24) is 9.88 Å². The molecule has 0 unspecified atom stereocenters. The van der Waals surface area contributed by atoms with E-state index in [1.54, 1.807) is 6.20 Å². The van der Waals surface area contributed by atoms with Gasteiger partial charge in [0.1, 0.15) is 5.82 Å². The van der Waals surface area contributed by atoms with Gasteiger partial charge in [0.05, 0.1) is 11.6 Å². The molecule has 4 heteroatoms. The zero-order valence-corrected chi connectivity index (χ0v) is 13.2. The highest BCUT2D eigenvalue weighted by atomic mass is 16.2. The Bertz CT molecular complexity index is 722. The van der Waals surface area contributed by atoms with Crippen LogP contribution in [0, 0.1) is 0 Å². The second-order valence-corrected chi connectivity index (χ2v) is 6.33. The number of likely N-dealkylation sites (tertiary alicyclic amines) is 1. The van der Waals surface area contributed by atoms with Crippen LogP contribution in [0.25, 0.3) is 0 Å². The van der Waals surface area contributed by atoms with Crippen LogP contribution in [0.5, 0.6) is 0 Å². The van der Waals surface area contributed by atoms with E-state index in [4.69, 9.17) is 0 Å². The number of aromatic nitrogens is 1. The van der Waals surface area contributed by atoms with Gasteiger partial charge in [-0.2, -0.15) is 0 Å². The number of benzene rings is 1. The number of anilines is 1. The summed E-state index contributed by atoms with van der Waals surface area (Å²) < 4.78 is 0. The molecule has 2 heterocycles. The third kappa shape index (κ3) is 2.69. The topological polar surface area (TPSA) is 45.2 Å². The molecule has 1 N–H and O–H groups in total. The monoisotopic (exact) mass is 307 g/mol. The minimum atomic E-state index is 0.101. The van der Waals surface area contributed by atoms with Gasteiger partial charge >= 0.3 is 0 Å². The lowest BCUT2D eigenvalue weighted by Gasteiger charge is -2.20. The van der Waals surface area contributed by atoms with Gasteiger partial charge in [-0.15, -0.1) is 0 Å². The van der Waals surface area contributed by atoms with Crippen molar-refractivity contribution >= 4 is 11.7 Å². The molecule has 4 nitrogen and oxygen atoms in total. The minimum Gasteiger partial charge on any atom is -0.363 e. The van der Waals surface area contributed by atoms with Crippen molar-refractivity contribution in [3.05, 3.63) is 59.3 Å². The number of nitrogens with one attached hydrogen (secondary N) is 1. The summed E-state index contributed by atoms with van der Waals surface area (Å²) >= 11 is 0. The predicted molar refractivity (Wildman–Crippen MR) is 90.5 cm³/mol. The summed E-state index contributed by atoms with van der Waals surface area (Å²) in [5.74, 6) is 0.815. The maximum atomic E-state index is 12.7. The summed E-state index contributed by atoms with van der Waals surface area (Å²) in [7, 11) is 0. The normalized spacial score (nSPS) is 19.7. The van der Waals surface area contributed by atoms with E-state index in [1.807, 2.05) is 17.0 Å². The van der Waals surface area contributed by atoms with Crippen LogP contribution in [0.15, 0.2) is 42.6 Å². The zero-order valence-electron chi connectivity index (χ0n) is 13.2. The smallest absolute Gasteiger partial charge is 0.257 e. The molecule has 1 aromatic carbocycles. The number of amides is 1. The second-order valence-electron chi connectivity index (χ2n) is 6.33. The summed E-state index contributed by atoms with van der Waals surface area (Å²) in [6, 6.07) is 12.5.